The molecule has 0 saturated carbocycles. The van der Waals surface area contributed by atoms with E-state index in [1.54, 1.807) is 25.1 Å². The Labute approximate surface area is 247 Å². The van der Waals surface area contributed by atoms with Crippen LogP contribution in [0.5, 0.6) is 5.75 Å². The number of carbonyl (C=O) groups excluding carboxylic acids is 2. The fourth-order valence-corrected chi connectivity index (χ4v) is 6.54. The highest BCUT2D eigenvalue weighted by Crippen LogP contribution is 2.36. The molecule has 0 radical (unpaired) electrons. The Kier molecular flexibility index (Phi) is 7.19. The number of rotatable bonds is 6. The van der Waals surface area contributed by atoms with Gasteiger partial charge in [0.05, 0.1) is 36.1 Å². The van der Waals surface area contributed by atoms with Crippen molar-refractivity contribution in [2.45, 2.75) is 19.9 Å². The van der Waals surface area contributed by atoms with Crippen molar-refractivity contribution in [3.05, 3.63) is 119 Å². The molecular formula is C31H24BrN3O5S. The highest BCUT2D eigenvalue weighted by molar-refractivity contribution is 9.10. The molecule has 2 aliphatic rings. The molecule has 2 aliphatic heterocycles. The summed E-state index contributed by atoms with van der Waals surface area (Å²) in [5, 5.41) is 2.85. The maximum absolute atomic E-state index is 14.3. The van der Waals surface area contributed by atoms with E-state index in [2.05, 4.69) is 21.2 Å². The average molecular weight is 631 g/mol. The van der Waals surface area contributed by atoms with Crippen LogP contribution in [0.25, 0.3) is 11.3 Å². The van der Waals surface area contributed by atoms with Crippen molar-refractivity contribution in [1.82, 2.24) is 4.57 Å². The molecule has 0 unspecified atom stereocenters. The molecule has 3 heterocycles. The minimum absolute atomic E-state index is 0.154. The van der Waals surface area contributed by atoms with Crippen molar-refractivity contribution in [3.63, 3.8) is 0 Å². The predicted molar refractivity (Wildman–Crippen MR) is 160 cm³/mol. The Balaban J connectivity index is 1.69. The molecule has 10 heteroatoms. The smallest absolute Gasteiger partial charge is 0.338 e. The first kappa shape index (κ1) is 26.9. The van der Waals surface area contributed by atoms with Crippen LogP contribution in [0, 0.1) is 0 Å². The summed E-state index contributed by atoms with van der Waals surface area (Å²) in [5.41, 5.74) is 3.15. The lowest BCUT2D eigenvalue weighted by Crippen LogP contribution is -2.40. The standard InChI is InChI=1S/C31H24BrN3O5S/c1-3-39-20-13-10-18(11-14-20)26-24(30(38)40-4-2)25(17-8-6-5-7-9-17)34-31-35(26)29(37)27(41-31)23-21-16-19(32)12-15-22(21)33-28(23)36/h5-16,26H,3-4H2,1-2H3,(H,33,36)/b27-23+/t26-/m1/s1. The quantitative estimate of drug-likeness (QED) is 0.318. The Bertz CT molecular complexity index is 1910. The first-order chi connectivity index (χ1) is 19.9. The molecule has 206 valence electrons. The maximum Gasteiger partial charge on any atom is 0.338 e. The summed E-state index contributed by atoms with van der Waals surface area (Å²) in [7, 11) is 0. The molecule has 0 fully saturated rings. The summed E-state index contributed by atoms with van der Waals surface area (Å²) >= 11 is 4.60. The van der Waals surface area contributed by atoms with Gasteiger partial charge in [0, 0.05) is 21.3 Å². The van der Waals surface area contributed by atoms with Gasteiger partial charge in [0.1, 0.15) is 10.3 Å². The number of benzene rings is 3. The van der Waals surface area contributed by atoms with E-state index in [0.717, 1.165) is 15.8 Å². The molecule has 0 saturated heterocycles. The number of hydrogen-bond acceptors (Lipinski definition) is 7. The van der Waals surface area contributed by atoms with Crippen molar-refractivity contribution >= 4 is 56.1 Å². The summed E-state index contributed by atoms with van der Waals surface area (Å²) in [6, 6.07) is 21.2. The number of aromatic nitrogens is 1. The van der Waals surface area contributed by atoms with Gasteiger partial charge in [0.15, 0.2) is 4.80 Å². The Morgan fingerprint density at radius 1 is 1.02 bits per heavy atom. The minimum atomic E-state index is -0.850. The fourth-order valence-electron chi connectivity index (χ4n) is 5.08. The van der Waals surface area contributed by atoms with Crippen molar-refractivity contribution in [1.29, 1.82) is 0 Å². The van der Waals surface area contributed by atoms with Crippen molar-refractivity contribution < 1.29 is 19.1 Å². The number of nitrogens with zero attached hydrogens (tertiary/aromatic N) is 2. The van der Waals surface area contributed by atoms with Gasteiger partial charge < -0.3 is 14.8 Å². The Morgan fingerprint density at radius 3 is 2.49 bits per heavy atom. The number of ether oxygens (including phenoxy) is 2. The third kappa shape index (κ3) is 4.72. The summed E-state index contributed by atoms with van der Waals surface area (Å²) < 4.78 is 13.7. The molecule has 41 heavy (non-hydrogen) atoms. The van der Waals surface area contributed by atoms with E-state index in [9.17, 15) is 14.4 Å². The van der Waals surface area contributed by atoms with Gasteiger partial charge in [-0.15, -0.1) is 0 Å². The third-order valence-corrected chi connectivity index (χ3v) is 8.36. The largest absolute Gasteiger partial charge is 0.494 e. The second-order valence-corrected chi connectivity index (χ2v) is 11.2. The number of fused-ring (bicyclic) bond motifs is 2. The number of halogens is 1. The first-order valence-corrected chi connectivity index (χ1v) is 14.7. The summed E-state index contributed by atoms with van der Waals surface area (Å²) in [6.07, 6.45) is 0. The first-order valence-electron chi connectivity index (χ1n) is 13.1. The van der Waals surface area contributed by atoms with Crippen LogP contribution in [0.3, 0.4) is 0 Å². The minimum Gasteiger partial charge on any atom is -0.494 e. The number of amides is 1. The van der Waals surface area contributed by atoms with Gasteiger partial charge in [0.25, 0.3) is 11.5 Å². The molecule has 1 N–H and O–H groups in total. The number of hydrogen-bond donors (Lipinski definition) is 1. The van der Waals surface area contributed by atoms with Crippen LogP contribution in [0.2, 0.25) is 0 Å². The highest BCUT2D eigenvalue weighted by Gasteiger charge is 2.36. The average Bonchev–Trinajstić information content (AvgIpc) is 3.47. The summed E-state index contributed by atoms with van der Waals surface area (Å²) in [6.45, 7) is 4.29. The van der Waals surface area contributed by atoms with E-state index in [1.807, 2.05) is 61.5 Å². The second-order valence-electron chi connectivity index (χ2n) is 9.27. The third-order valence-electron chi connectivity index (χ3n) is 6.81. The van der Waals surface area contributed by atoms with E-state index < -0.39 is 17.6 Å². The van der Waals surface area contributed by atoms with Crippen LogP contribution in [0.15, 0.2) is 92.6 Å². The van der Waals surface area contributed by atoms with E-state index in [4.69, 9.17) is 14.5 Å². The van der Waals surface area contributed by atoms with Gasteiger partial charge in [-0.1, -0.05) is 69.7 Å². The molecule has 0 spiro atoms. The Hall–Kier alpha value is -4.28. The lowest BCUT2D eigenvalue weighted by molar-refractivity contribution is -0.138. The van der Waals surface area contributed by atoms with Gasteiger partial charge in [0.2, 0.25) is 0 Å². The van der Waals surface area contributed by atoms with Crippen molar-refractivity contribution in [3.8, 4) is 5.75 Å². The van der Waals surface area contributed by atoms with Crippen LogP contribution < -0.4 is 24.9 Å². The lowest BCUT2D eigenvalue weighted by atomic mass is 9.93. The topological polar surface area (TPSA) is 99.0 Å². The molecule has 1 aromatic heterocycles. The zero-order valence-electron chi connectivity index (χ0n) is 22.1. The molecule has 3 aromatic carbocycles. The van der Waals surface area contributed by atoms with Crippen LogP contribution in [-0.4, -0.2) is 29.7 Å². The van der Waals surface area contributed by atoms with E-state index in [-0.39, 0.29) is 28.2 Å². The summed E-state index contributed by atoms with van der Waals surface area (Å²) in [5.74, 6) is -0.269. The van der Waals surface area contributed by atoms with Gasteiger partial charge in [-0.05, 0) is 49.7 Å². The molecule has 8 nitrogen and oxygen atoms in total. The van der Waals surface area contributed by atoms with Gasteiger partial charge in [-0.25, -0.2) is 9.79 Å². The number of nitrogens with one attached hydrogen (secondary N) is 1. The van der Waals surface area contributed by atoms with E-state index in [0.29, 0.717) is 45.2 Å². The van der Waals surface area contributed by atoms with Gasteiger partial charge >= 0.3 is 5.97 Å². The fraction of sp³-hybridized carbons (Fsp3) is 0.161. The molecule has 4 aromatic rings. The molecule has 0 bridgehead atoms. The number of anilines is 1. The Morgan fingerprint density at radius 2 is 1.78 bits per heavy atom. The van der Waals surface area contributed by atoms with Gasteiger partial charge in [-0.2, -0.15) is 0 Å². The SMILES string of the molecule is CCOC(=O)C1=C(c2ccccc2)N=c2s/c(=C3/C(=O)Nc4ccc(Br)cc43)c(=O)n2[C@@H]1c1ccc(OCC)cc1. The highest BCUT2D eigenvalue weighted by atomic mass is 79.9. The zero-order valence-corrected chi connectivity index (χ0v) is 24.5. The predicted octanol–water partition coefficient (Wildman–Crippen LogP) is 4.42. The number of esters is 1. The molecule has 1 amide bonds. The number of carbonyl (C=O) groups is 2. The zero-order chi connectivity index (χ0) is 28.7. The van der Waals surface area contributed by atoms with E-state index in [1.165, 1.54) is 4.57 Å². The molecule has 1 atom stereocenters. The van der Waals surface area contributed by atoms with Gasteiger partial charge in [-0.3, -0.25) is 14.2 Å². The molecular weight excluding hydrogens is 606 g/mol. The van der Waals surface area contributed by atoms with Crippen LogP contribution >= 0.6 is 27.3 Å². The van der Waals surface area contributed by atoms with E-state index >= 15 is 0 Å². The normalized spacial score (nSPS) is 17.0. The number of thiazole rings is 1. The van der Waals surface area contributed by atoms with Crippen LogP contribution in [0.4, 0.5) is 5.69 Å². The van der Waals surface area contributed by atoms with Crippen molar-refractivity contribution in [2.24, 2.45) is 4.99 Å². The summed E-state index contributed by atoms with van der Waals surface area (Å²) in [4.78, 5) is 46.3. The van der Waals surface area contributed by atoms with Crippen LogP contribution in [-0.2, 0) is 14.3 Å². The maximum atomic E-state index is 14.3. The lowest BCUT2D eigenvalue weighted by Gasteiger charge is -2.26. The monoisotopic (exact) mass is 629 g/mol. The molecule has 0 aliphatic carbocycles. The second kappa shape index (κ2) is 10.9. The van der Waals surface area contributed by atoms with Crippen molar-refractivity contribution in [2.75, 3.05) is 18.5 Å². The molecule has 6 rings (SSSR count). The van der Waals surface area contributed by atoms with Crippen LogP contribution in [0.1, 0.15) is 36.6 Å².